The van der Waals surface area contributed by atoms with Crippen LogP contribution in [0.4, 0.5) is 0 Å². The fourth-order valence-corrected chi connectivity index (χ4v) is 2.77. The van der Waals surface area contributed by atoms with Crippen LogP contribution in [0.3, 0.4) is 0 Å². The van der Waals surface area contributed by atoms with Crippen molar-refractivity contribution in [1.82, 2.24) is 0 Å². The quantitative estimate of drug-likeness (QED) is 0.692. The maximum Gasteiger partial charge on any atom is 0.00623 e. The Hall–Kier alpha value is -2.26. The normalized spacial score (nSPS) is 13.8. The molecule has 0 aliphatic heterocycles. The summed E-state index contributed by atoms with van der Waals surface area (Å²) in [6, 6.07) is 19.2. The molecule has 0 N–H and O–H groups in total. The summed E-state index contributed by atoms with van der Waals surface area (Å²) in [4.78, 5) is 0. The summed E-state index contributed by atoms with van der Waals surface area (Å²) in [5.41, 5.74) is 6.58. The third-order valence-corrected chi connectivity index (χ3v) is 3.75. The Morgan fingerprint density at radius 2 is 1.63 bits per heavy atom. The highest BCUT2D eigenvalue weighted by Crippen LogP contribution is 2.33. The van der Waals surface area contributed by atoms with Crippen LogP contribution in [0, 0.1) is 12.3 Å². The van der Waals surface area contributed by atoms with Crippen molar-refractivity contribution in [2.75, 3.05) is 0 Å². The van der Waals surface area contributed by atoms with Gasteiger partial charge in [0.15, 0.2) is 0 Å². The zero-order valence-corrected chi connectivity index (χ0v) is 10.9. The van der Waals surface area contributed by atoms with E-state index in [4.69, 9.17) is 6.42 Å². The van der Waals surface area contributed by atoms with Gasteiger partial charge in [0.2, 0.25) is 0 Å². The molecule has 0 spiro atoms. The van der Waals surface area contributed by atoms with E-state index in [1.54, 1.807) is 0 Å². The lowest BCUT2D eigenvalue weighted by Crippen LogP contribution is -2.06. The fourth-order valence-electron chi connectivity index (χ4n) is 2.77. The van der Waals surface area contributed by atoms with Gasteiger partial charge in [0.1, 0.15) is 0 Å². The number of benzene rings is 2. The van der Waals surface area contributed by atoms with Gasteiger partial charge in [-0.1, -0.05) is 60.5 Å². The predicted octanol–water partition coefficient (Wildman–Crippen LogP) is 4.26. The molecule has 0 amide bonds. The van der Waals surface area contributed by atoms with Gasteiger partial charge in [0.25, 0.3) is 0 Å². The molecule has 92 valence electrons. The molecule has 0 saturated carbocycles. The fraction of sp³-hybridized carbons (Fsp3) is 0.158. The minimum absolute atomic E-state index is 0.928. The van der Waals surface area contributed by atoms with Gasteiger partial charge in [-0.25, -0.2) is 0 Å². The Labute approximate surface area is 114 Å². The third-order valence-electron chi connectivity index (χ3n) is 3.75. The first-order chi connectivity index (χ1) is 9.38. The highest BCUT2D eigenvalue weighted by atomic mass is 14.2. The van der Waals surface area contributed by atoms with E-state index in [0.29, 0.717) is 0 Å². The van der Waals surface area contributed by atoms with Crippen LogP contribution in [-0.4, -0.2) is 0 Å². The van der Waals surface area contributed by atoms with Gasteiger partial charge in [-0.05, 0) is 41.5 Å². The van der Waals surface area contributed by atoms with Gasteiger partial charge in [-0.3, -0.25) is 0 Å². The van der Waals surface area contributed by atoms with Crippen molar-refractivity contribution in [3.05, 3.63) is 76.9 Å². The molecule has 0 nitrogen and oxygen atoms in total. The molecule has 0 heteroatoms. The topological polar surface area (TPSA) is 0 Å². The largest absolute Gasteiger partial charge is 0.115 e. The Morgan fingerprint density at radius 1 is 0.895 bits per heavy atom. The first-order valence-electron chi connectivity index (χ1n) is 6.69. The van der Waals surface area contributed by atoms with E-state index in [0.717, 1.165) is 19.3 Å². The number of aryl methyl sites for hydroxylation is 1. The van der Waals surface area contributed by atoms with E-state index in [9.17, 15) is 0 Å². The molecule has 0 fully saturated rings. The van der Waals surface area contributed by atoms with E-state index < -0.39 is 0 Å². The third kappa shape index (κ3) is 2.33. The van der Waals surface area contributed by atoms with Crippen LogP contribution in [0.15, 0.2) is 60.2 Å². The van der Waals surface area contributed by atoms with E-state index in [1.807, 2.05) is 0 Å². The average Bonchev–Trinajstić information content (AvgIpc) is 2.49. The molecular formula is C19H16. The lowest BCUT2D eigenvalue weighted by molar-refractivity contribution is 0.937. The Balaban J connectivity index is 2.05. The van der Waals surface area contributed by atoms with Crippen LogP contribution in [0.2, 0.25) is 0 Å². The van der Waals surface area contributed by atoms with Crippen LogP contribution < -0.4 is 0 Å². The van der Waals surface area contributed by atoms with Crippen molar-refractivity contribution < 1.29 is 0 Å². The summed E-state index contributed by atoms with van der Waals surface area (Å²) in [6.45, 7) is 0. The van der Waals surface area contributed by atoms with Crippen LogP contribution in [0.25, 0.3) is 5.57 Å². The Morgan fingerprint density at radius 3 is 2.42 bits per heavy atom. The van der Waals surface area contributed by atoms with Crippen molar-refractivity contribution in [2.24, 2.45) is 0 Å². The van der Waals surface area contributed by atoms with Crippen LogP contribution >= 0.6 is 0 Å². The lowest BCUT2D eigenvalue weighted by Gasteiger charge is -2.21. The molecule has 1 aliphatic rings. The molecule has 0 aromatic heterocycles. The number of rotatable bonds is 2. The van der Waals surface area contributed by atoms with Gasteiger partial charge < -0.3 is 0 Å². The smallest absolute Gasteiger partial charge is 0.00623 e. The second-order valence-electron chi connectivity index (χ2n) is 4.92. The zero-order valence-electron chi connectivity index (χ0n) is 10.9. The number of hydrogen-bond acceptors (Lipinski definition) is 0. The van der Waals surface area contributed by atoms with Crippen molar-refractivity contribution >= 4 is 5.57 Å². The minimum atomic E-state index is 0.928. The van der Waals surface area contributed by atoms with Gasteiger partial charge in [0.05, 0.1) is 0 Å². The monoisotopic (exact) mass is 244 g/mol. The number of allylic oxidation sites excluding steroid dienone is 2. The second kappa shape index (κ2) is 5.16. The van der Waals surface area contributed by atoms with Crippen molar-refractivity contribution in [3.8, 4) is 12.3 Å². The molecule has 1 aliphatic carbocycles. The molecule has 0 unspecified atom stereocenters. The summed E-state index contributed by atoms with van der Waals surface area (Å²) < 4.78 is 0. The van der Waals surface area contributed by atoms with Crippen molar-refractivity contribution in [1.29, 1.82) is 0 Å². The minimum Gasteiger partial charge on any atom is -0.115 e. The number of terminal acetylenes is 1. The summed E-state index contributed by atoms with van der Waals surface area (Å²) in [5.74, 6) is 2.89. The molecule has 0 bridgehead atoms. The van der Waals surface area contributed by atoms with E-state index in [1.165, 1.54) is 27.8 Å². The molecule has 2 aromatic carbocycles. The first kappa shape index (κ1) is 11.8. The number of hydrogen-bond donors (Lipinski definition) is 0. The molecule has 0 radical (unpaired) electrons. The molecule has 19 heavy (non-hydrogen) atoms. The van der Waals surface area contributed by atoms with E-state index in [2.05, 4.69) is 60.5 Å². The summed E-state index contributed by atoms with van der Waals surface area (Å²) in [5, 5.41) is 0. The summed E-state index contributed by atoms with van der Waals surface area (Å²) in [7, 11) is 0. The maximum atomic E-state index is 5.70. The SMILES string of the molecule is C#CC1=C(Cc2ccccc2)c2ccccc2CC1. The van der Waals surface area contributed by atoms with Gasteiger partial charge in [-0.2, -0.15) is 0 Å². The zero-order chi connectivity index (χ0) is 13.1. The standard InChI is InChI=1S/C19H16/c1-2-16-12-13-17-10-6-7-11-18(17)19(16)14-15-8-4-3-5-9-15/h1,3-11H,12-14H2. The highest BCUT2D eigenvalue weighted by Gasteiger charge is 2.17. The van der Waals surface area contributed by atoms with Crippen LogP contribution in [-0.2, 0) is 12.8 Å². The predicted molar refractivity (Wildman–Crippen MR) is 80.7 cm³/mol. The molecule has 3 rings (SSSR count). The Bertz CT molecular complexity index is 654. The van der Waals surface area contributed by atoms with Crippen molar-refractivity contribution in [2.45, 2.75) is 19.3 Å². The van der Waals surface area contributed by atoms with Crippen LogP contribution in [0.1, 0.15) is 23.1 Å². The van der Waals surface area contributed by atoms with E-state index >= 15 is 0 Å². The summed E-state index contributed by atoms with van der Waals surface area (Å²) >= 11 is 0. The molecule has 0 atom stereocenters. The first-order valence-corrected chi connectivity index (χ1v) is 6.69. The van der Waals surface area contributed by atoms with Gasteiger partial charge in [-0.15, -0.1) is 6.42 Å². The lowest BCUT2D eigenvalue weighted by atomic mass is 9.83. The Kier molecular flexibility index (Phi) is 3.21. The van der Waals surface area contributed by atoms with Crippen LogP contribution in [0.5, 0.6) is 0 Å². The average molecular weight is 244 g/mol. The second-order valence-corrected chi connectivity index (χ2v) is 4.92. The highest BCUT2D eigenvalue weighted by molar-refractivity contribution is 5.77. The number of fused-ring (bicyclic) bond motifs is 1. The van der Waals surface area contributed by atoms with E-state index in [-0.39, 0.29) is 0 Å². The molecule has 0 heterocycles. The van der Waals surface area contributed by atoms with Gasteiger partial charge in [0, 0.05) is 5.57 Å². The van der Waals surface area contributed by atoms with Crippen molar-refractivity contribution in [3.63, 3.8) is 0 Å². The van der Waals surface area contributed by atoms with Gasteiger partial charge >= 0.3 is 0 Å². The summed E-state index contributed by atoms with van der Waals surface area (Å²) in [6.07, 6.45) is 8.68. The molecular weight excluding hydrogens is 228 g/mol. The maximum absolute atomic E-state index is 5.70. The molecule has 2 aromatic rings. The molecule has 0 saturated heterocycles.